The highest BCUT2D eigenvalue weighted by atomic mass is 35.5. The molecule has 0 aliphatic heterocycles. The lowest BCUT2D eigenvalue weighted by atomic mass is 10.2. The smallest absolute Gasteiger partial charge is 0.173 e. The number of azide groups is 1. The maximum atomic E-state index is 13.7. The monoisotopic (exact) mass is 241 g/mol. The molecule has 1 aromatic carbocycles. The quantitative estimate of drug-likeness (QED) is 0.449. The highest BCUT2D eigenvalue weighted by molar-refractivity contribution is 6.32. The lowest BCUT2D eigenvalue weighted by Gasteiger charge is -2.05. The third-order valence-corrected chi connectivity index (χ3v) is 2.18. The number of hydrogen-bond donors (Lipinski definition) is 0. The standard InChI is InChI=1S/C10H9ClFN3O/c1-16-9-5-4-8(11)7(10(9)12)3-2-6-14-15-13/h2-5H,6H2,1H3. The van der Waals surface area contributed by atoms with Gasteiger partial charge in [-0.3, -0.25) is 0 Å². The molecule has 0 saturated heterocycles. The zero-order valence-corrected chi connectivity index (χ0v) is 9.28. The van der Waals surface area contributed by atoms with Crippen LogP contribution in [0.15, 0.2) is 23.3 Å². The van der Waals surface area contributed by atoms with E-state index in [0.29, 0.717) is 0 Å². The molecule has 6 heteroatoms. The molecule has 0 heterocycles. The van der Waals surface area contributed by atoms with E-state index in [4.69, 9.17) is 21.9 Å². The van der Waals surface area contributed by atoms with E-state index in [9.17, 15) is 4.39 Å². The molecule has 0 bridgehead atoms. The lowest BCUT2D eigenvalue weighted by molar-refractivity contribution is 0.386. The molecule has 0 aliphatic rings. The summed E-state index contributed by atoms with van der Waals surface area (Å²) in [5.74, 6) is -0.417. The Labute approximate surface area is 96.9 Å². The van der Waals surface area contributed by atoms with Gasteiger partial charge in [-0.05, 0) is 17.7 Å². The Bertz CT molecular complexity index is 456. The van der Waals surface area contributed by atoms with Crippen molar-refractivity contribution in [3.8, 4) is 5.75 Å². The zero-order valence-electron chi connectivity index (χ0n) is 8.52. The van der Waals surface area contributed by atoms with E-state index in [1.165, 1.54) is 31.4 Å². The van der Waals surface area contributed by atoms with Gasteiger partial charge in [0.05, 0.1) is 12.1 Å². The Morgan fingerprint density at radius 3 is 3.00 bits per heavy atom. The van der Waals surface area contributed by atoms with Crippen LogP contribution in [0, 0.1) is 5.82 Å². The molecule has 0 saturated carbocycles. The summed E-state index contributed by atoms with van der Waals surface area (Å²) in [5, 5.41) is 3.56. The first kappa shape index (κ1) is 12.4. The summed E-state index contributed by atoms with van der Waals surface area (Å²) in [6.45, 7) is 0.142. The minimum atomic E-state index is -0.535. The molecular weight excluding hydrogens is 233 g/mol. The molecule has 0 spiro atoms. The molecule has 0 amide bonds. The molecule has 16 heavy (non-hydrogen) atoms. The SMILES string of the molecule is COc1ccc(Cl)c(C=CCN=[N+]=[N-])c1F. The second kappa shape index (κ2) is 6.00. The maximum absolute atomic E-state index is 13.7. The van der Waals surface area contributed by atoms with Gasteiger partial charge in [0.25, 0.3) is 0 Å². The van der Waals surface area contributed by atoms with Crippen LogP contribution in [-0.2, 0) is 0 Å². The molecule has 1 rings (SSSR count). The van der Waals surface area contributed by atoms with Crippen molar-refractivity contribution in [3.05, 3.63) is 45.1 Å². The fourth-order valence-electron chi connectivity index (χ4n) is 1.11. The molecule has 0 unspecified atom stereocenters. The molecule has 0 aliphatic carbocycles. The normalized spacial score (nSPS) is 10.2. The van der Waals surface area contributed by atoms with Crippen LogP contribution in [-0.4, -0.2) is 13.7 Å². The molecule has 0 N–H and O–H groups in total. The predicted molar refractivity (Wildman–Crippen MR) is 61.0 cm³/mol. The minimum absolute atomic E-state index is 0.118. The zero-order chi connectivity index (χ0) is 12.0. The van der Waals surface area contributed by atoms with E-state index in [2.05, 4.69) is 10.0 Å². The highest BCUT2D eigenvalue weighted by Gasteiger charge is 2.09. The van der Waals surface area contributed by atoms with Crippen LogP contribution in [0.4, 0.5) is 4.39 Å². The van der Waals surface area contributed by atoms with Gasteiger partial charge in [-0.25, -0.2) is 4.39 Å². The number of hydrogen-bond acceptors (Lipinski definition) is 2. The molecule has 0 radical (unpaired) electrons. The van der Waals surface area contributed by atoms with Crippen LogP contribution in [0.1, 0.15) is 5.56 Å². The van der Waals surface area contributed by atoms with Crippen molar-refractivity contribution in [2.45, 2.75) is 0 Å². The van der Waals surface area contributed by atoms with Crippen molar-refractivity contribution in [1.82, 2.24) is 0 Å². The summed E-state index contributed by atoms with van der Waals surface area (Å²) >= 11 is 5.82. The molecule has 0 fully saturated rings. The van der Waals surface area contributed by atoms with Gasteiger partial charge >= 0.3 is 0 Å². The number of rotatable bonds is 4. The molecule has 4 nitrogen and oxygen atoms in total. The molecule has 0 atom stereocenters. The summed E-state index contributed by atoms with van der Waals surface area (Å²) in [7, 11) is 1.37. The van der Waals surface area contributed by atoms with Gasteiger partial charge in [-0.1, -0.05) is 28.9 Å². The van der Waals surface area contributed by atoms with Crippen LogP contribution in [0.3, 0.4) is 0 Å². The van der Waals surface area contributed by atoms with Crippen molar-refractivity contribution >= 4 is 17.7 Å². The van der Waals surface area contributed by atoms with E-state index in [1.807, 2.05) is 0 Å². The Morgan fingerprint density at radius 1 is 1.62 bits per heavy atom. The number of nitrogens with zero attached hydrogens (tertiary/aromatic N) is 3. The van der Waals surface area contributed by atoms with Crippen molar-refractivity contribution in [2.75, 3.05) is 13.7 Å². The summed E-state index contributed by atoms with van der Waals surface area (Å²) in [6, 6.07) is 2.99. The maximum Gasteiger partial charge on any atom is 0.173 e. The lowest BCUT2D eigenvalue weighted by Crippen LogP contribution is -1.91. The first-order chi connectivity index (χ1) is 7.70. The predicted octanol–water partition coefficient (Wildman–Crippen LogP) is 3.81. The molecule has 1 aromatic rings. The van der Waals surface area contributed by atoms with Crippen molar-refractivity contribution in [2.24, 2.45) is 5.11 Å². The van der Waals surface area contributed by atoms with E-state index >= 15 is 0 Å². The molecule has 84 valence electrons. The Balaban J connectivity index is 3.02. The number of benzene rings is 1. The Morgan fingerprint density at radius 2 is 2.38 bits per heavy atom. The number of methoxy groups -OCH3 is 1. The van der Waals surface area contributed by atoms with Crippen molar-refractivity contribution < 1.29 is 9.13 Å². The van der Waals surface area contributed by atoms with Crippen LogP contribution >= 0.6 is 11.6 Å². The van der Waals surface area contributed by atoms with Crippen LogP contribution in [0.2, 0.25) is 5.02 Å². The minimum Gasteiger partial charge on any atom is -0.494 e. The van der Waals surface area contributed by atoms with Gasteiger partial charge < -0.3 is 4.74 Å². The number of ether oxygens (including phenoxy) is 1. The molecule has 0 aromatic heterocycles. The van der Waals surface area contributed by atoms with Gasteiger partial charge in [-0.2, -0.15) is 0 Å². The summed E-state index contributed by atoms with van der Waals surface area (Å²) in [6.07, 6.45) is 2.97. The topological polar surface area (TPSA) is 58.0 Å². The Hall–Kier alpha value is -1.71. The van der Waals surface area contributed by atoms with Gasteiger partial charge in [-0.15, -0.1) is 0 Å². The fourth-order valence-corrected chi connectivity index (χ4v) is 1.32. The van der Waals surface area contributed by atoms with Crippen LogP contribution in [0.5, 0.6) is 5.75 Å². The summed E-state index contributed by atoms with van der Waals surface area (Å²) < 4.78 is 18.5. The van der Waals surface area contributed by atoms with Crippen LogP contribution < -0.4 is 4.74 Å². The third kappa shape index (κ3) is 2.89. The van der Waals surface area contributed by atoms with Gasteiger partial charge in [0.1, 0.15) is 0 Å². The Kier molecular flexibility index (Phi) is 4.64. The van der Waals surface area contributed by atoms with Crippen molar-refractivity contribution in [1.29, 1.82) is 0 Å². The second-order valence-corrected chi connectivity index (χ2v) is 3.20. The average molecular weight is 242 g/mol. The fraction of sp³-hybridized carbons (Fsp3) is 0.200. The number of halogens is 2. The van der Waals surface area contributed by atoms with E-state index in [1.54, 1.807) is 0 Å². The average Bonchev–Trinajstić information content (AvgIpc) is 2.28. The first-order valence-corrected chi connectivity index (χ1v) is 4.78. The molecular formula is C10H9ClFN3O. The highest BCUT2D eigenvalue weighted by Crippen LogP contribution is 2.27. The van der Waals surface area contributed by atoms with Gasteiger partial charge in [0.15, 0.2) is 11.6 Å². The van der Waals surface area contributed by atoms with Crippen molar-refractivity contribution in [3.63, 3.8) is 0 Å². The summed E-state index contributed by atoms with van der Waals surface area (Å²) in [5.41, 5.74) is 8.28. The van der Waals surface area contributed by atoms with Crippen LogP contribution in [0.25, 0.3) is 16.5 Å². The van der Waals surface area contributed by atoms with Gasteiger partial charge in [0.2, 0.25) is 0 Å². The van der Waals surface area contributed by atoms with Gasteiger partial charge in [0, 0.05) is 17.0 Å². The summed E-state index contributed by atoms with van der Waals surface area (Å²) in [4.78, 5) is 2.57. The second-order valence-electron chi connectivity index (χ2n) is 2.79. The van der Waals surface area contributed by atoms with E-state index < -0.39 is 5.82 Å². The first-order valence-electron chi connectivity index (χ1n) is 4.40. The third-order valence-electron chi connectivity index (χ3n) is 1.85. The largest absolute Gasteiger partial charge is 0.494 e. The van der Waals surface area contributed by atoms with E-state index in [0.717, 1.165) is 0 Å². The van der Waals surface area contributed by atoms with E-state index in [-0.39, 0.29) is 22.9 Å².